The number of rotatable bonds is 2. The Balaban J connectivity index is 1.64. The molecule has 1 aliphatic heterocycles. The van der Waals surface area contributed by atoms with E-state index in [2.05, 4.69) is 4.98 Å². The molecule has 8 heteroatoms. The summed E-state index contributed by atoms with van der Waals surface area (Å²) >= 11 is 2.66. The van der Waals surface area contributed by atoms with Crippen molar-refractivity contribution in [2.75, 3.05) is 13.1 Å². The van der Waals surface area contributed by atoms with Crippen molar-refractivity contribution in [1.29, 1.82) is 0 Å². The molecule has 0 atom stereocenters. The zero-order valence-corrected chi connectivity index (χ0v) is 14.9. The summed E-state index contributed by atoms with van der Waals surface area (Å²) < 4.78 is 38.0. The van der Waals surface area contributed by atoms with Gasteiger partial charge in [0.25, 0.3) is 5.91 Å². The van der Waals surface area contributed by atoms with E-state index < -0.39 is 11.9 Å². The first kappa shape index (κ1) is 17.4. The van der Waals surface area contributed by atoms with Crippen molar-refractivity contribution in [3.05, 3.63) is 37.5 Å². The second kappa shape index (κ2) is 6.48. The number of alkyl halides is 3. The molecule has 1 amide bonds. The molecular weight excluding hydrogens is 357 g/mol. The highest BCUT2D eigenvalue weighted by molar-refractivity contribution is 7.12. The second-order valence-electron chi connectivity index (χ2n) is 5.96. The van der Waals surface area contributed by atoms with Crippen LogP contribution in [-0.4, -0.2) is 28.9 Å². The number of amides is 1. The first-order valence-corrected chi connectivity index (χ1v) is 9.34. The standard InChI is InChI=1S/C16H17F3N2OS2/c1-9-7-12(10(2)24-9)15(22)21-5-3-11(4-6-21)14-20-13(8-23-14)16(17,18)19/h7-8,11H,3-6H2,1-2H3. The van der Waals surface area contributed by atoms with Gasteiger partial charge in [-0.15, -0.1) is 22.7 Å². The number of thiazole rings is 1. The van der Waals surface area contributed by atoms with Crippen LogP contribution in [0.5, 0.6) is 0 Å². The number of nitrogens with zero attached hydrogens (tertiary/aromatic N) is 2. The van der Waals surface area contributed by atoms with Crippen LogP contribution in [-0.2, 0) is 6.18 Å². The van der Waals surface area contributed by atoms with Crippen LogP contribution >= 0.6 is 22.7 Å². The highest BCUT2D eigenvalue weighted by Gasteiger charge is 2.35. The summed E-state index contributed by atoms with van der Waals surface area (Å²) in [5.74, 6) is 0.0193. The molecule has 0 aromatic carbocycles. The topological polar surface area (TPSA) is 33.2 Å². The van der Waals surface area contributed by atoms with Gasteiger partial charge in [-0.3, -0.25) is 4.79 Å². The Kier molecular flexibility index (Phi) is 4.70. The van der Waals surface area contributed by atoms with Crippen molar-refractivity contribution >= 4 is 28.6 Å². The minimum Gasteiger partial charge on any atom is -0.339 e. The fourth-order valence-electron chi connectivity index (χ4n) is 2.95. The Morgan fingerprint density at radius 1 is 1.29 bits per heavy atom. The number of hydrogen-bond donors (Lipinski definition) is 0. The summed E-state index contributed by atoms with van der Waals surface area (Å²) in [7, 11) is 0. The number of thiophene rings is 1. The van der Waals surface area contributed by atoms with Crippen LogP contribution < -0.4 is 0 Å². The molecule has 2 aromatic heterocycles. The summed E-state index contributed by atoms with van der Waals surface area (Å²) in [6.45, 7) is 5.02. The number of carbonyl (C=O) groups excluding carboxylic acids is 1. The minimum absolute atomic E-state index is 0.000424. The van der Waals surface area contributed by atoms with E-state index in [1.807, 2.05) is 19.9 Å². The molecule has 3 heterocycles. The quantitative estimate of drug-likeness (QED) is 0.752. The smallest absolute Gasteiger partial charge is 0.339 e. The molecule has 1 aliphatic rings. The number of hydrogen-bond acceptors (Lipinski definition) is 4. The molecule has 0 aliphatic carbocycles. The van der Waals surface area contributed by atoms with Crippen LogP contribution in [0, 0.1) is 13.8 Å². The van der Waals surface area contributed by atoms with Crippen molar-refractivity contribution in [3.63, 3.8) is 0 Å². The average molecular weight is 374 g/mol. The van der Waals surface area contributed by atoms with E-state index in [-0.39, 0.29) is 11.8 Å². The van der Waals surface area contributed by atoms with Crippen LogP contribution in [0.2, 0.25) is 0 Å². The van der Waals surface area contributed by atoms with Crippen molar-refractivity contribution in [2.45, 2.75) is 38.8 Å². The Hall–Kier alpha value is -1.41. The maximum atomic E-state index is 12.7. The lowest BCUT2D eigenvalue weighted by molar-refractivity contribution is -0.140. The van der Waals surface area contributed by atoms with Gasteiger partial charge in [-0.05, 0) is 32.8 Å². The molecule has 3 rings (SSSR count). The maximum Gasteiger partial charge on any atom is 0.434 e. The molecule has 0 radical (unpaired) electrons. The van der Waals surface area contributed by atoms with Gasteiger partial charge in [-0.25, -0.2) is 4.98 Å². The largest absolute Gasteiger partial charge is 0.434 e. The van der Waals surface area contributed by atoms with E-state index in [0.717, 1.165) is 32.0 Å². The third-order valence-electron chi connectivity index (χ3n) is 4.22. The van der Waals surface area contributed by atoms with E-state index in [4.69, 9.17) is 0 Å². The van der Waals surface area contributed by atoms with Crippen LogP contribution in [0.3, 0.4) is 0 Å². The van der Waals surface area contributed by atoms with Crippen molar-refractivity contribution in [3.8, 4) is 0 Å². The molecular formula is C16H17F3N2OS2. The molecule has 0 spiro atoms. The van der Waals surface area contributed by atoms with Crippen LogP contribution in [0.1, 0.15) is 49.6 Å². The SMILES string of the molecule is Cc1cc(C(=O)N2CCC(c3nc(C(F)(F)F)cs3)CC2)c(C)s1. The van der Waals surface area contributed by atoms with E-state index in [1.165, 1.54) is 0 Å². The van der Waals surface area contributed by atoms with Gasteiger partial charge < -0.3 is 4.90 Å². The first-order valence-electron chi connectivity index (χ1n) is 7.64. The molecule has 0 saturated carbocycles. The van der Waals surface area contributed by atoms with Gasteiger partial charge in [-0.1, -0.05) is 0 Å². The lowest BCUT2D eigenvalue weighted by atomic mass is 9.97. The predicted octanol–water partition coefficient (Wildman–Crippen LogP) is 4.86. The molecule has 0 bridgehead atoms. The lowest BCUT2D eigenvalue weighted by Crippen LogP contribution is -2.38. The molecule has 1 fully saturated rings. The minimum atomic E-state index is -4.39. The van der Waals surface area contributed by atoms with Gasteiger partial charge in [0.05, 0.1) is 10.6 Å². The molecule has 0 N–H and O–H groups in total. The van der Waals surface area contributed by atoms with Gasteiger partial charge in [0.15, 0.2) is 5.69 Å². The summed E-state index contributed by atoms with van der Waals surface area (Å²) in [5, 5.41) is 1.60. The van der Waals surface area contributed by atoms with E-state index >= 15 is 0 Å². The van der Waals surface area contributed by atoms with Crippen molar-refractivity contribution in [1.82, 2.24) is 9.88 Å². The first-order chi connectivity index (χ1) is 11.3. The molecule has 1 saturated heterocycles. The second-order valence-corrected chi connectivity index (χ2v) is 8.31. The Bertz CT molecular complexity index is 743. The van der Waals surface area contributed by atoms with Gasteiger partial charge in [0.1, 0.15) is 0 Å². The Morgan fingerprint density at radius 3 is 2.46 bits per heavy atom. The Morgan fingerprint density at radius 2 is 1.96 bits per heavy atom. The van der Waals surface area contributed by atoms with Crippen LogP contribution in [0.15, 0.2) is 11.4 Å². The third kappa shape index (κ3) is 3.49. The number of carbonyl (C=O) groups is 1. The number of aryl methyl sites for hydroxylation is 2. The monoisotopic (exact) mass is 374 g/mol. The number of aromatic nitrogens is 1. The van der Waals surface area contributed by atoms with Gasteiger partial charge in [0.2, 0.25) is 0 Å². The van der Waals surface area contributed by atoms with Crippen molar-refractivity contribution in [2.24, 2.45) is 0 Å². The highest BCUT2D eigenvalue weighted by Crippen LogP contribution is 2.36. The van der Waals surface area contributed by atoms with Gasteiger partial charge >= 0.3 is 6.18 Å². The highest BCUT2D eigenvalue weighted by atomic mass is 32.1. The average Bonchev–Trinajstić information content (AvgIpc) is 3.13. The zero-order valence-electron chi connectivity index (χ0n) is 13.3. The van der Waals surface area contributed by atoms with Crippen molar-refractivity contribution < 1.29 is 18.0 Å². The van der Waals surface area contributed by atoms with Gasteiger partial charge in [0, 0.05) is 34.1 Å². The summed E-state index contributed by atoms with van der Waals surface area (Å²) in [6.07, 6.45) is -3.09. The summed E-state index contributed by atoms with van der Waals surface area (Å²) in [4.78, 5) is 20.2. The Labute approximate surface area is 146 Å². The van der Waals surface area contributed by atoms with Gasteiger partial charge in [-0.2, -0.15) is 13.2 Å². The molecule has 0 unspecified atom stereocenters. The van der Waals surface area contributed by atoms with E-state index in [0.29, 0.717) is 30.9 Å². The van der Waals surface area contributed by atoms with Crippen LogP contribution in [0.4, 0.5) is 13.2 Å². The third-order valence-corrected chi connectivity index (χ3v) is 6.19. The molecule has 3 nitrogen and oxygen atoms in total. The summed E-state index contributed by atoms with van der Waals surface area (Å²) in [6, 6.07) is 1.91. The zero-order chi connectivity index (χ0) is 17.5. The number of likely N-dealkylation sites (tertiary alicyclic amines) is 1. The molecule has 130 valence electrons. The fraction of sp³-hybridized carbons (Fsp3) is 0.500. The van der Waals surface area contributed by atoms with E-state index in [1.54, 1.807) is 16.2 Å². The number of piperidine rings is 1. The lowest BCUT2D eigenvalue weighted by Gasteiger charge is -2.31. The maximum absolute atomic E-state index is 12.7. The normalized spacial score (nSPS) is 16.6. The molecule has 2 aromatic rings. The number of halogens is 3. The summed E-state index contributed by atoms with van der Waals surface area (Å²) in [5.41, 5.74) is -0.0741. The predicted molar refractivity (Wildman–Crippen MR) is 88.8 cm³/mol. The van der Waals surface area contributed by atoms with Crippen LogP contribution in [0.25, 0.3) is 0 Å². The molecule has 24 heavy (non-hydrogen) atoms. The fourth-order valence-corrected chi connectivity index (χ4v) is 4.86. The van der Waals surface area contributed by atoms with E-state index in [9.17, 15) is 18.0 Å².